The van der Waals surface area contributed by atoms with E-state index >= 15 is 0 Å². The van der Waals surface area contributed by atoms with Gasteiger partial charge in [0.05, 0.1) is 0 Å². The number of aliphatic hydroxyl groups is 1. The summed E-state index contributed by atoms with van der Waals surface area (Å²) in [6.07, 6.45) is 5.98. The van der Waals surface area contributed by atoms with Gasteiger partial charge in [0.15, 0.2) is 0 Å². The molecule has 3 N–H and O–H groups in total. The summed E-state index contributed by atoms with van der Waals surface area (Å²) in [5.41, 5.74) is 4.64. The molecule has 1 aliphatic rings. The highest BCUT2D eigenvalue weighted by Gasteiger charge is 2.28. The lowest BCUT2D eigenvalue weighted by molar-refractivity contribution is -0.0106. The van der Waals surface area contributed by atoms with Crippen LogP contribution >= 0.6 is 0 Å². The highest BCUT2D eigenvalue weighted by molar-refractivity contribution is 4.78. The van der Waals surface area contributed by atoms with E-state index in [4.69, 9.17) is 5.73 Å². The van der Waals surface area contributed by atoms with Gasteiger partial charge in [-0.25, -0.2) is 0 Å². The zero-order valence-electron chi connectivity index (χ0n) is 6.64. The third kappa shape index (κ3) is 1.96. The van der Waals surface area contributed by atoms with E-state index in [1.165, 1.54) is 19.3 Å². The maximum atomic E-state index is 9.42. The smallest absolute Gasteiger partial charge is 0.113 e. The Balaban J connectivity index is 2.39. The molecule has 0 aromatic carbocycles. The second-order valence-corrected chi connectivity index (χ2v) is 3.56. The molecule has 0 heterocycles. The van der Waals surface area contributed by atoms with Gasteiger partial charge in [0.2, 0.25) is 0 Å². The lowest BCUT2D eigenvalue weighted by Crippen LogP contribution is -2.44. The van der Waals surface area contributed by atoms with Crippen LogP contribution in [0, 0.1) is 5.92 Å². The van der Waals surface area contributed by atoms with Gasteiger partial charge in [0, 0.05) is 5.92 Å². The number of nitrogens with two attached hydrogens (primary N) is 1. The van der Waals surface area contributed by atoms with Gasteiger partial charge in [-0.3, -0.25) is 0 Å². The SMILES string of the molecule is C[C@@](N)(O)C1CCCCC1. The van der Waals surface area contributed by atoms with Crippen LogP contribution in [-0.2, 0) is 0 Å². The van der Waals surface area contributed by atoms with Gasteiger partial charge in [0.1, 0.15) is 5.72 Å². The van der Waals surface area contributed by atoms with Gasteiger partial charge < -0.3 is 10.8 Å². The molecule has 0 bridgehead atoms. The molecule has 0 aromatic rings. The first-order chi connectivity index (χ1) is 4.61. The molecule has 10 heavy (non-hydrogen) atoms. The van der Waals surface area contributed by atoms with E-state index in [1.807, 2.05) is 0 Å². The summed E-state index contributed by atoms with van der Waals surface area (Å²) >= 11 is 0. The Hall–Kier alpha value is -0.0800. The Bertz CT molecular complexity index is 100. The Morgan fingerprint density at radius 3 is 2.10 bits per heavy atom. The maximum absolute atomic E-state index is 9.42. The molecule has 0 aromatic heterocycles. The standard InChI is InChI=1S/C8H17NO/c1-8(9,10)7-5-3-2-4-6-7/h7,10H,2-6,9H2,1H3/t8-/m1/s1. The van der Waals surface area contributed by atoms with Crippen LogP contribution in [0.25, 0.3) is 0 Å². The molecule has 0 amide bonds. The number of hydrogen-bond acceptors (Lipinski definition) is 2. The van der Waals surface area contributed by atoms with Crippen molar-refractivity contribution in [2.75, 3.05) is 0 Å². The van der Waals surface area contributed by atoms with Crippen molar-refractivity contribution in [1.82, 2.24) is 0 Å². The summed E-state index contributed by atoms with van der Waals surface area (Å²) in [5.74, 6) is 0.334. The predicted octanol–water partition coefficient (Wildman–Crippen LogP) is 1.23. The van der Waals surface area contributed by atoms with Crippen molar-refractivity contribution in [2.24, 2.45) is 11.7 Å². The largest absolute Gasteiger partial charge is 0.376 e. The van der Waals surface area contributed by atoms with Crippen molar-refractivity contribution in [3.8, 4) is 0 Å². The molecular weight excluding hydrogens is 126 g/mol. The van der Waals surface area contributed by atoms with Gasteiger partial charge in [-0.05, 0) is 19.8 Å². The van der Waals surface area contributed by atoms with E-state index in [0.717, 1.165) is 12.8 Å². The van der Waals surface area contributed by atoms with E-state index in [-0.39, 0.29) is 0 Å². The summed E-state index contributed by atoms with van der Waals surface area (Å²) in [4.78, 5) is 0. The summed E-state index contributed by atoms with van der Waals surface area (Å²) in [6, 6.07) is 0. The molecule has 2 nitrogen and oxygen atoms in total. The molecule has 1 saturated carbocycles. The van der Waals surface area contributed by atoms with Crippen LogP contribution in [-0.4, -0.2) is 10.8 Å². The van der Waals surface area contributed by atoms with Gasteiger partial charge >= 0.3 is 0 Å². The molecule has 0 spiro atoms. The summed E-state index contributed by atoms with van der Waals surface area (Å²) in [7, 11) is 0. The normalized spacial score (nSPS) is 27.9. The fraction of sp³-hybridized carbons (Fsp3) is 1.00. The van der Waals surface area contributed by atoms with Gasteiger partial charge in [0.25, 0.3) is 0 Å². The first-order valence-corrected chi connectivity index (χ1v) is 4.12. The minimum atomic E-state index is -0.930. The topological polar surface area (TPSA) is 46.2 Å². The molecule has 1 rings (SSSR count). The van der Waals surface area contributed by atoms with Gasteiger partial charge in [-0.1, -0.05) is 19.3 Å². The van der Waals surface area contributed by atoms with Crippen molar-refractivity contribution >= 4 is 0 Å². The van der Waals surface area contributed by atoms with E-state index in [2.05, 4.69) is 0 Å². The maximum Gasteiger partial charge on any atom is 0.113 e. The van der Waals surface area contributed by atoms with E-state index in [9.17, 15) is 5.11 Å². The highest BCUT2D eigenvalue weighted by Crippen LogP contribution is 2.29. The zero-order valence-corrected chi connectivity index (χ0v) is 6.64. The minimum Gasteiger partial charge on any atom is -0.376 e. The molecule has 1 atom stereocenters. The monoisotopic (exact) mass is 143 g/mol. The molecule has 1 fully saturated rings. The van der Waals surface area contributed by atoms with Gasteiger partial charge in [-0.2, -0.15) is 0 Å². The van der Waals surface area contributed by atoms with Crippen molar-refractivity contribution in [2.45, 2.75) is 44.8 Å². The van der Waals surface area contributed by atoms with Crippen LogP contribution in [0.3, 0.4) is 0 Å². The van der Waals surface area contributed by atoms with Gasteiger partial charge in [-0.15, -0.1) is 0 Å². The molecule has 0 unspecified atom stereocenters. The van der Waals surface area contributed by atoms with Crippen LogP contribution in [0.1, 0.15) is 39.0 Å². The van der Waals surface area contributed by atoms with Crippen molar-refractivity contribution in [3.05, 3.63) is 0 Å². The van der Waals surface area contributed by atoms with Crippen LogP contribution < -0.4 is 5.73 Å². The third-order valence-electron chi connectivity index (χ3n) is 2.43. The first-order valence-electron chi connectivity index (χ1n) is 4.12. The molecule has 2 heteroatoms. The molecule has 0 radical (unpaired) electrons. The Morgan fingerprint density at radius 2 is 1.80 bits per heavy atom. The molecule has 60 valence electrons. The summed E-state index contributed by atoms with van der Waals surface area (Å²) < 4.78 is 0. The highest BCUT2D eigenvalue weighted by atomic mass is 16.3. The van der Waals surface area contributed by atoms with Crippen LogP contribution in [0.15, 0.2) is 0 Å². The Kier molecular flexibility index (Phi) is 2.32. The van der Waals surface area contributed by atoms with Crippen molar-refractivity contribution in [1.29, 1.82) is 0 Å². The average Bonchev–Trinajstić information content (AvgIpc) is 1.88. The number of hydrogen-bond donors (Lipinski definition) is 2. The van der Waals surface area contributed by atoms with Crippen LogP contribution in [0.2, 0.25) is 0 Å². The second kappa shape index (κ2) is 2.89. The second-order valence-electron chi connectivity index (χ2n) is 3.56. The third-order valence-corrected chi connectivity index (χ3v) is 2.43. The van der Waals surface area contributed by atoms with E-state index < -0.39 is 5.72 Å². The van der Waals surface area contributed by atoms with Crippen molar-refractivity contribution < 1.29 is 5.11 Å². The Labute approximate surface area is 62.4 Å². The van der Waals surface area contributed by atoms with E-state index in [1.54, 1.807) is 6.92 Å². The number of rotatable bonds is 1. The zero-order chi connectivity index (χ0) is 7.61. The summed E-state index contributed by atoms with van der Waals surface area (Å²) in [5, 5.41) is 9.42. The van der Waals surface area contributed by atoms with Crippen LogP contribution in [0.5, 0.6) is 0 Å². The quantitative estimate of drug-likeness (QED) is 0.542. The average molecular weight is 143 g/mol. The fourth-order valence-corrected chi connectivity index (χ4v) is 1.69. The predicted molar refractivity (Wildman–Crippen MR) is 41.4 cm³/mol. The first kappa shape index (κ1) is 8.02. The molecule has 1 aliphatic carbocycles. The summed E-state index contributed by atoms with van der Waals surface area (Å²) in [6.45, 7) is 1.71. The lowest BCUT2D eigenvalue weighted by atomic mass is 9.83. The van der Waals surface area contributed by atoms with Crippen LogP contribution in [0.4, 0.5) is 0 Å². The lowest BCUT2D eigenvalue weighted by Gasteiger charge is -2.31. The fourth-order valence-electron chi connectivity index (χ4n) is 1.69. The molecular formula is C8H17NO. The van der Waals surface area contributed by atoms with E-state index in [0.29, 0.717) is 5.92 Å². The molecule has 0 saturated heterocycles. The molecule has 0 aliphatic heterocycles. The van der Waals surface area contributed by atoms with Crippen molar-refractivity contribution in [3.63, 3.8) is 0 Å². The Morgan fingerprint density at radius 1 is 1.30 bits per heavy atom. The minimum absolute atomic E-state index is 0.334.